The van der Waals surface area contributed by atoms with Crippen molar-refractivity contribution in [1.82, 2.24) is 14.8 Å². The van der Waals surface area contributed by atoms with Crippen LogP contribution < -0.4 is 0 Å². The van der Waals surface area contributed by atoms with E-state index in [4.69, 9.17) is 0 Å². The van der Waals surface area contributed by atoms with E-state index in [2.05, 4.69) is 61.9 Å². The average molecular weight is 294 g/mol. The van der Waals surface area contributed by atoms with Crippen molar-refractivity contribution in [2.24, 2.45) is 0 Å². The summed E-state index contributed by atoms with van der Waals surface area (Å²) < 4.78 is 2.21. The smallest absolute Gasteiger partial charge is 0.143 e. The van der Waals surface area contributed by atoms with Crippen LogP contribution in [-0.2, 0) is 18.3 Å². The number of benzene rings is 1. The van der Waals surface area contributed by atoms with Crippen LogP contribution in [0.2, 0.25) is 0 Å². The molecule has 0 spiro atoms. The van der Waals surface area contributed by atoms with Crippen LogP contribution in [-0.4, -0.2) is 14.8 Å². The zero-order chi connectivity index (χ0) is 12.1. The molecule has 90 valence electrons. The SMILES string of the molecule is CCCn1c(CBr)nnc1Cc1ccccc1. The molecule has 1 heterocycles. The van der Waals surface area contributed by atoms with Crippen molar-refractivity contribution in [2.75, 3.05) is 0 Å². The van der Waals surface area contributed by atoms with Gasteiger partial charge >= 0.3 is 0 Å². The highest BCUT2D eigenvalue weighted by atomic mass is 79.9. The fraction of sp³-hybridized carbons (Fsp3) is 0.385. The van der Waals surface area contributed by atoms with Crippen LogP contribution in [0.25, 0.3) is 0 Å². The van der Waals surface area contributed by atoms with E-state index in [-0.39, 0.29) is 0 Å². The summed E-state index contributed by atoms with van der Waals surface area (Å²) in [4.78, 5) is 0. The van der Waals surface area contributed by atoms with Crippen LogP contribution in [0.15, 0.2) is 30.3 Å². The topological polar surface area (TPSA) is 30.7 Å². The lowest BCUT2D eigenvalue weighted by Crippen LogP contribution is -2.07. The molecule has 0 saturated carbocycles. The minimum absolute atomic E-state index is 0.759. The second-order valence-corrected chi connectivity index (χ2v) is 4.54. The molecular weight excluding hydrogens is 278 g/mol. The van der Waals surface area contributed by atoms with Crippen LogP contribution in [0, 0.1) is 0 Å². The molecule has 1 aromatic heterocycles. The molecule has 0 aliphatic carbocycles. The molecule has 0 atom stereocenters. The molecule has 0 N–H and O–H groups in total. The van der Waals surface area contributed by atoms with Crippen LogP contribution in [0.3, 0.4) is 0 Å². The van der Waals surface area contributed by atoms with Crippen molar-refractivity contribution in [3.63, 3.8) is 0 Å². The molecule has 0 fully saturated rings. The fourth-order valence-corrected chi connectivity index (χ4v) is 2.28. The predicted octanol–water partition coefficient (Wildman–Crippen LogP) is 3.17. The van der Waals surface area contributed by atoms with Crippen LogP contribution in [0.1, 0.15) is 30.6 Å². The number of nitrogens with zero attached hydrogens (tertiary/aromatic N) is 3. The van der Waals surface area contributed by atoms with Gasteiger partial charge in [0.1, 0.15) is 11.6 Å². The summed E-state index contributed by atoms with van der Waals surface area (Å²) in [6, 6.07) is 10.4. The summed E-state index contributed by atoms with van der Waals surface area (Å²) in [5.74, 6) is 2.06. The van der Waals surface area contributed by atoms with Gasteiger partial charge in [-0.15, -0.1) is 10.2 Å². The molecule has 0 unspecified atom stereocenters. The van der Waals surface area contributed by atoms with Gasteiger partial charge in [0.25, 0.3) is 0 Å². The third kappa shape index (κ3) is 2.94. The maximum absolute atomic E-state index is 4.28. The predicted molar refractivity (Wildman–Crippen MR) is 72.2 cm³/mol. The lowest BCUT2D eigenvalue weighted by atomic mass is 10.1. The summed E-state index contributed by atoms with van der Waals surface area (Å²) in [7, 11) is 0. The molecule has 3 nitrogen and oxygen atoms in total. The molecular formula is C13H16BrN3. The Kier molecular flexibility index (Phi) is 4.31. The Labute approximate surface area is 110 Å². The van der Waals surface area contributed by atoms with Gasteiger partial charge in [-0.2, -0.15) is 0 Å². The van der Waals surface area contributed by atoms with Gasteiger partial charge in [-0.1, -0.05) is 53.2 Å². The quantitative estimate of drug-likeness (QED) is 0.793. The summed E-state index contributed by atoms with van der Waals surface area (Å²) in [5, 5.41) is 9.26. The molecule has 0 radical (unpaired) electrons. The van der Waals surface area contributed by atoms with Crippen molar-refractivity contribution < 1.29 is 0 Å². The lowest BCUT2D eigenvalue weighted by molar-refractivity contribution is 0.628. The minimum Gasteiger partial charge on any atom is -0.314 e. The van der Waals surface area contributed by atoms with E-state index in [1.54, 1.807) is 0 Å². The van der Waals surface area contributed by atoms with Gasteiger partial charge in [-0.25, -0.2) is 0 Å². The third-order valence-corrected chi connectivity index (χ3v) is 3.18. The van der Waals surface area contributed by atoms with Gasteiger partial charge in [0, 0.05) is 13.0 Å². The summed E-state index contributed by atoms with van der Waals surface area (Å²) >= 11 is 3.45. The van der Waals surface area contributed by atoms with Gasteiger partial charge in [0.15, 0.2) is 0 Å². The molecule has 17 heavy (non-hydrogen) atoms. The highest BCUT2D eigenvalue weighted by Gasteiger charge is 2.10. The number of hydrogen-bond donors (Lipinski definition) is 0. The van der Waals surface area contributed by atoms with Crippen LogP contribution in [0.5, 0.6) is 0 Å². The average Bonchev–Trinajstić information content (AvgIpc) is 2.74. The van der Waals surface area contributed by atoms with E-state index in [0.29, 0.717) is 0 Å². The number of halogens is 1. The Balaban J connectivity index is 2.23. The van der Waals surface area contributed by atoms with Crippen LogP contribution in [0.4, 0.5) is 0 Å². The first-order valence-corrected chi connectivity index (χ1v) is 6.98. The Hall–Kier alpha value is -1.16. The van der Waals surface area contributed by atoms with E-state index in [1.165, 1.54) is 5.56 Å². The van der Waals surface area contributed by atoms with Gasteiger partial charge in [0.05, 0.1) is 5.33 Å². The van der Waals surface area contributed by atoms with E-state index in [9.17, 15) is 0 Å². The number of rotatable bonds is 5. The van der Waals surface area contributed by atoms with Gasteiger partial charge < -0.3 is 4.57 Å². The maximum Gasteiger partial charge on any atom is 0.143 e. The summed E-state index contributed by atoms with van der Waals surface area (Å²) in [6.45, 7) is 3.15. The van der Waals surface area contributed by atoms with Crippen molar-refractivity contribution in [3.05, 3.63) is 47.5 Å². The van der Waals surface area contributed by atoms with Gasteiger partial charge in [-0.05, 0) is 12.0 Å². The van der Waals surface area contributed by atoms with Crippen molar-refractivity contribution >= 4 is 15.9 Å². The molecule has 2 aromatic rings. The van der Waals surface area contributed by atoms with E-state index in [1.807, 2.05) is 6.07 Å². The highest BCUT2D eigenvalue weighted by molar-refractivity contribution is 9.08. The molecule has 0 saturated heterocycles. The molecule has 0 bridgehead atoms. The van der Waals surface area contributed by atoms with Crippen molar-refractivity contribution in [1.29, 1.82) is 0 Å². The Morgan fingerprint density at radius 2 is 1.82 bits per heavy atom. The fourth-order valence-electron chi connectivity index (χ4n) is 1.86. The van der Waals surface area contributed by atoms with Crippen molar-refractivity contribution in [3.8, 4) is 0 Å². The standard InChI is InChI=1S/C13H16BrN3/c1-2-8-17-12(15-16-13(17)10-14)9-11-6-4-3-5-7-11/h3-7H,2,8-10H2,1H3. The Morgan fingerprint density at radius 3 is 2.47 bits per heavy atom. The first-order valence-electron chi connectivity index (χ1n) is 5.86. The lowest BCUT2D eigenvalue weighted by Gasteiger charge is -2.07. The Bertz CT molecular complexity index is 465. The monoisotopic (exact) mass is 293 g/mol. The zero-order valence-corrected chi connectivity index (χ0v) is 11.5. The maximum atomic E-state index is 4.28. The second kappa shape index (κ2) is 5.96. The molecule has 4 heteroatoms. The molecule has 0 aliphatic rings. The van der Waals surface area contributed by atoms with E-state index in [0.717, 1.165) is 36.4 Å². The van der Waals surface area contributed by atoms with Crippen LogP contribution >= 0.6 is 15.9 Å². The molecule has 1 aromatic carbocycles. The highest BCUT2D eigenvalue weighted by Crippen LogP contribution is 2.12. The zero-order valence-electron chi connectivity index (χ0n) is 9.93. The third-order valence-electron chi connectivity index (χ3n) is 2.68. The molecule has 0 aliphatic heterocycles. The molecule has 0 amide bonds. The van der Waals surface area contributed by atoms with Gasteiger partial charge in [-0.3, -0.25) is 0 Å². The van der Waals surface area contributed by atoms with Crippen molar-refractivity contribution in [2.45, 2.75) is 31.6 Å². The minimum atomic E-state index is 0.759. The van der Waals surface area contributed by atoms with E-state index < -0.39 is 0 Å². The number of aromatic nitrogens is 3. The number of hydrogen-bond acceptors (Lipinski definition) is 2. The largest absolute Gasteiger partial charge is 0.314 e. The number of alkyl halides is 1. The van der Waals surface area contributed by atoms with Gasteiger partial charge in [0.2, 0.25) is 0 Å². The Morgan fingerprint density at radius 1 is 1.12 bits per heavy atom. The van der Waals surface area contributed by atoms with E-state index >= 15 is 0 Å². The second-order valence-electron chi connectivity index (χ2n) is 3.98. The summed E-state index contributed by atoms with van der Waals surface area (Å²) in [6.07, 6.45) is 1.95. The normalized spacial score (nSPS) is 10.7. The first kappa shape index (κ1) is 12.3. The molecule has 2 rings (SSSR count). The first-order chi connectivity index (χ1) is 8.35. The summed E-state index contributed by atoms with van der Waals surface area (Å²) in [5.41, 5.74) is 1.28.